The van der Waals surface area contributed by atoms with E-state index in [0.717, 1.165) is 116 Å². The van der Waals surface area contributed by atoms with Crippen LogP contribution in [0.5, 0.6) is 0 Å². The fraction of sp³-hybridized carbons (Fsp3) is 0. The monoisotopic (exact) mass is 1200 g/mol. The average molecular weight is 1200 g/mol. The van der Waals surface area contributed by atoms with Crippen molar-refractivity contribution in [3.63, 3.8) is 0 Å². The van der Waals surface area contributed by atoms with Crippen molar-refractivity contribution in [3.8, 4) is 90.3 Å². The fourth-order valence-corrected chi connectivity index (χ4v) is 14.8. The maximum Gasteiger partial charge on any atom is 0.240 e. The average Bonchev–Trinajstić information content (AvgIpc) is 1.57. The van der Waals surface area contributed by atoms with Crippen LogP contribution in [0.25, 0.3) is 178 Å². The molecule has 0 saturated carbocycles. The molecular weight excluding hydrogens is 1140 g/mol. The normalized spacial score (nSPS) is 11.8. The first-order valence-electron chi connectivity index (χ1n) is 32.0. The lowest BCUT2D eigenvalue weighted by Gasteiger charge is -2.17. The molecule has 0 saturated heterocycles. The van der Waals surface area contributed by atoms with Crippen molar-refractivity contribution in [2.45, 2.75) is 0 Å². The molecule has 0 amide bonds. The molecule has 0 atom stereocenters. The zero-order valence-corrected chi connectivity index (χ0v) is 50.9. The van der Waals surface area contributed by atoms with Gasteiger partial charge in [-0.25, -0.2) is 0 Å². The molecule has 0 bridgehead atoms. The van der Waals surface area contributed by atoms with E-state index in [1.165, 1.54) is 43.6 Å². The van der Waals surface area contributed by atoms with Crippen molar-refractivity contribution in [3.05, 3.63) is 334 Å². The van der Waals surface area contributed by atoms with Crippen molar-refractivity contribution in [1.82, 2.24) is 33.2 Å². The second-order valence-electron chi connectivity index (χ2n) is 24.3. The van der Waals surface area contributed by atoms with Crippen molar-refractivity contribution in [2.24, 2.45) is 0 Å². The zero-order valence-electron chi connectivity index (χ0n) is 50.9. The highest BCUT2D eigenvalue weighted by atomic mass is 15.3. The molecule has 0 fully saturated rings. The van der Waals surface area contributed by atoms with Gasteiger partial charge in [0, 0.05) is 60.0 Å². The van der Waals surface area contributed by atoms with E-state index in [4.69, 9.17) is 15.0 Å². The van der Waals surface area contributed by atoms with Gasteiger partial charge >= 0.3 is 0 Å². The summed E-state index contributed by atoms with van der Waals surface area (Å²) in [7, 11) is 0. The summed E-state index contributed by atoms with van der Waals surface area (Å²) in [5, 5.41) is 9.26. The molecule has 0 N–H and O–H groups in total. The molecule has 0 aliphatic rings. The highest BCUT2D eigenvalue weighted by Gasteiger charge is 2.24. The Morgan fingerprint density at radius 3 is 0.872 bits per heavy atom. The Bertz CT molecular complexity index is 5860. The molecule has 5 heterocycles. The third kappa shape index (κ3) is 8.49. The van der Waals surface area contributed by atoms with E-state index >= 15 is 0 Å². The van der Waals surface area contributed by atoms with Gasteiger partial charge in [-0.3, -0.25) is 9.13 Å². The van der Waals surface area contributed by atoms with Crippen LogP contribution < -0.4 is 0 Å². The predicted octanol–water partition coefficient (Wildman–Crippen LogP) is 22.3. The highest BCUT2D eigenvalue weighted by molar-refractivity contribution is 6.15. The van der Waals surface area contributed by atoms with E-state index in [0.29, 0.717) is 17.7 Å². The maximum atomic E-state index is 5.67. The van der Waals surface area contributed by atoms with Crippen LogP contribution in [0.15, 0.2) is 334 Å². The maximum absolute atomic E-state index is 5.67. The van der Waals surface area contributed by atoms with Gasteiger partial charge in [-0.1, -0.05) is 231 Å². The molecule has 0 radical (unpaired) electrons. The molecule has 0 unspecified atom stereocenters. The summed E-state index contributed by atoms with van der Waals surface area (Å²) in [4.78, 5) is 16.9. The van der Waals surface area contributed by atoms with E-state index in [1.807, 2.05) is 0 Å². The molecule has 5 aromatic heterocycles. The van der Waals surface area contributed by atoms with Crippen LogP contribution in [0.2, 0.25) is 0 Å². The van der Waals surface area contributed by atoms with Crippen LogP contribution >= 0.6 is 0 Å². The summed E-state index contributed by atoms with van der Waals surface area (Å²) in [6.07, 6.45) is 0. The largest absolute Gasteiger partial charge is 0.309 e. The summed E-state index contributed by atoms with van der Waals surface area (Å²) >= 11 is 0. The molecule has 0 spiro atoms. The van der Waals surface area contributed by atoms with Crippen LogP contribution in [0.3, 0.4) is 0 Å². The number of benzene rings is 14. The molecule has 14 aromatic carbocycles. The third-order valence-electron chi connectivity index (χ3n) is 19.0. The van der Waals surface area contributed by atoms with Gasteiger partial charge in [0.25, 0.3) is 0 Å². The lowest BCUT2D eigenvalue weighted by atomic mass is 9.87. The van der Waals surface area contributed by atoms with Gasteiger partial charge < -0.3 is 9.13 Å². The van der Waals surface area contributed by atoms with Crippen molar-refractivity contribution < 1.29 is 0 Å². The van der Waals surface area contributed by atoms with Crippen molar-refractivity contribution >= 4 is 87.2 Å². The second-order valence-corrected chi connectivity index (χ2v) is 24.3. The van der Waals surface area contributed by atoms with Crippen LogP contribution in [-0.4, -0.2) is 33.2 Å². The van der Waals surface area contributed by atoms with Crippen LogP contribution in [0, 0.1) is 0 Å². The fourth-order valence-electron chi connectivity index (χ4n) is 14.8. The lowest BCUT2D eigenvalue weighted by molar-refractivity contribution is 0.893. The summed E-state index contributed by atoms with van der Waals surface area (Å²) in [5.74, 6) is 1.58. The van der Waals surface area contributed by atoms with Crippen LogP contribution in [0.4, 0.5) is 0 Å². The summed E-state index contributed by atoms with van der Waals surface area (Å²) in [6, 6.07) is 120. The first-order valence-corrected chi connectivity index (χ1v) is 32.0. The van der Waals surface area contributed by atoms with E-state index < -0.39 is 0 Å². The quantitative estimate of drug-likeness (QED) is 0.137. The van der Waals surface area contributed by atoms with Gasteiger partial charge in [0.2, 0.25) is 11.9 Å². The van der Waals surface area contributed by atoms with Gasteiger partial charge in [0.05, 0.1) is 44.1 Å². The highest BCUT2D eigenvalue weighted by Crippen LogP contribution is 2.44. The minimum absolute atomic E-state index is 0.514. The third-order valence-corrected chi connectivity index (χ3v) is 19.0. The molecule has 19 aromatic rings. The van der Waals surface area contributed by atoms with E-state index in [9.17, 15) is 0 Å². The molecule has 0 aliphatic carbocycles. The number of fused-ring (bicyclic) bond motifs is 12. The van der Waals surface area contributed by atoms with E-state index in [-0.39, 0.29) is 0 Å². The Kier molecular flexibility index (Phi) is 12.1. The van der Waals surface area contributed by atoms with Crippen molar-refractivity contribution in [2.75, 3.05) is 0 Å². The number of hydrogen-bond acceptors (Lipinski definition) is 3. The Morgan fingerprint density at radius 2 is 0.479 bits per heavy atom. The molecule has 438 valence electrons. The first-order chi connectivity index (χ1) is 46.6. The number of para-hydroxylation sites is 6. The smallest absolute Gasteiger partial charge is 0.240 e. The van der Waals surface area contributed by atoms with Crippen molar-refractivity contribution in [1.29, 1.82) is 0 Å². The Morgan fingerprint density at radius 1 is 0.181 bits per heavy atom. The van der Waals surface area contributed by atoms with Crippen LogP contribution in [0.1, 0.15) is 0 Å². The number of hydrogen-bond donors (Lipinski definition) is 0. The van der Waals surface area contributed by atoms with E-state index in [2.05, 4.69) is 352 Å². The predicted molar refractivity (Wildman–Crippen MR) is 390 cm³/mol. The minimum Gasteiger partial charge on any atom is -0.309 e. The number of rotatable bonds is 10. The molecule has 0 aliphatic heterocycles. The molecule has 19 rings (SSSR count). The topological polar surface area (TPSA) is 58.4 Å². The number of nitrogens with zero attached hydrogens (tertiary/aromatic N) is 7. The molecule has 7 nitrogen and oxygen atoms in total. The van der Waals surface area contributed by atoms with Gasteiger partial charge in [0.15, 0.2) is 5.82 Å². The Balaban J connectivity index is 0.812. The SMILES string of the molecule is c1ccc(-c2cccc(-c3ccccc3)c2-c2cccc(-c3nc(-n4c5ccccc5c5cc(-c6ccc7c(c6)c6ccccc6n7-c6ccccc6)ccc54)nc(-n4c5ccccc5c5cc(-c6ccc7c(c6)c6ccccc6n7-c6ccccc6)ccc54)n3)c2)cc1. The summed E-state index contributed by atoms with van der Waals surface area (Å²) < 4.78 is 9.21. The van der Waals surface area contributed by atoms with Gasteiger partial charge in [0.1, 0.15) is 0 Å². The standard InChI is InChI=1S/C87H55N7/c1-5-23-56(24-6-1)66-37-22-38-67(57-25-7-2-8-26-57)84(66)62-27-21-28-63(51-62)85-88-86(93-78-41-19-15-35-70(78)74-54-60(45-49-82(74)93)58-43-47-80-72(52-58)68-33-13-17-39-76(68)91(80)64-29-9-3-10-30-64)90-87(89-85)94-79-42-20-16-36-71(79)75-55-61(46-50-83(75)94)59-44-48-81-73(53-59)69-34-14-18-40-77(69)92(81)65-31-11-4-12-32-65/h1-55H. The van der Waals surface area contributed by atoms with Gasteiger partial charge in [-0.2, -0.15) is 15.0 Å². The zero-order chi connectivity index (χ0) is 61.8. The Hall–Kier alpha value is -12.7. The van der Waals surface area contributed by atoms with Gasteiger partial charge in [-0.15, -0.1) is 0 Å². The number of aromatic nitrogens is 7. The second kappa shape index (κ2) is 21.5. The van der Waals surface area contributed by atoms with Crippen LogP contribution in [-0.2, 0) is 0 Å². The first kappa shape index (κ1) is 53.2. The summed E-state index contributed by atoms with van der Waals surface area (Å²) in [5.41, 5.74) is 23.1. The molecule has 7 heteroatoms. The minimum atomic E-state index is 0.514. The molecule has 94 heavy (non-hydrogen) atoms. The van der Waals surface area contributed by atoms with E-state index in [1.54, 1.807) is 0 Å². The van der Waals surface area contributed by atoms with Gasteiger partial charge in [-0.05, 0) is 159 Å². The molecular formula is C87H55N7. The summed E-state index contributed by atoms with van der Waals surface area (Å²) in [6.45, 7) is 0. The lowest BCUT2D eigenvalue weighted by Crippen LogP contribution is -2.10. The Labute approximate surface area is 541 Å².